The van der Waals surface area contributed by atoms with Gasteiger partial charge in [0.05, 0.1) is 0 Å². The number of benzene rings is 2. The molecule has 0 unspecified atom stereocenters. The Bertz CT molecular complexity index is 926. The lowest BCUT2D eigenvalue weighted by Crippen LogP contribution is -2.05. The first-order chi connectivity index (χ1) is 13.2. The van der Waals surface area contributed by atoms with Crippen LogP contribution in [0.2, 0.25) is 0 Å². The molecular formula is C21H22N4O2. The van der Waals surface area contributed by atoms with Crippen molar-refractivity contribution in [3.05, 3.63) is 65.9 Å². The van der Waals surface area contributed by atoms with Crippen LogP contribution in [0.3, 0.4) is 0 Å². The first-order valence-electron chi connectivity index (χ1n) is 9.00. The molecule has 138 valence electrons. The number of nitrogens with zero attached hydrogens (tertiary/aromatic N) is 2. The number of hydrogen-bond donors (Lipinski definition) is 2. The van der Waals surface area contributed by atoms with E-state index in [-0.39, 0.29) is 6.79 Å². The maximum Gasteiger partial charge on any atom is 0.231 e. The van der Waals surface area contributed by atoms with Crippen LogP contribution in [0.25, 0.3) is 0 Å². The Balaban J connectivity index is 1.40. The van der Waals surface area contributed by atoms with E-state index in [1.807, 2.05) is 24.3 Å². The molecule has 1 aromatic heterocycles. The highest BCUT2D eigenvalue weighted by Gasteiger charge is 2.13. The second-order valence-corrected chi connectivity index (χ2v) is 6.71. The van der Waals surface area contributed by atoms with Crippen LogP contribution < -0.4 is 20.1 Å². The van der Waals surface area contributed by atoms with E-state index in [0.717, 1.165) is 28.6 Å². The summed E-state index contributed by atoms with van der Waals surface area (Å²) in [4.78, 5) is 8.81. The van der Waals surface area contributed by atoms with Gasteiger partial charge in [-0.2, -0.15) is 4.98 Å². The summed E-state index contributed by atoms with van der Waals surface area (Å²) < 4.78 is 10.7. The summed E-state index contributed by atoms with van der Waals surface area (Å²) in [5, 5.41) is 6.56. The van der Waals surface area contributed by atoms with Crippen LogP contribution in [0.15, 0.2) is 54.7 Å². The summed E-state index contributed by atoms with van der Waals surface area (Å²) >= 11 is 0. The van der Waals surface area contributed by atoms with Gasteiger partial charge < -0.3 is 20.1 Å². The fourth-order valence-corrected chi connectivity index (χ4v) is 2.84. The SMILES string of the molecule is CC(C)c1ccc(Nc2ccnc(NCc3ccc4c(c3)OCO4)n2)cc1. The molecular weight excluding hydrogens is 340 g/mol. The van der Waals surface area contributed by atoms with Crippen molar-refractivity contribution in [1.82, 2.24) is 9.97 Å². The minimum absolute atomic E-state index is 0.279. The predicted molar refractivity (Wildman–Crippen MR) is 106 cm³/mol. The first kappa shape index (κ1) is 17.1. The van der Waals surface area contributed by atoms with Gasteiger partial charge in [0.1, 0.15) is 5.82 Å². The van der Waals surface area contributed by atoms with Gasteiger partial charge in [-0.1, -0.05) is 32.0 Å². The van der Waals surface area contributed by atoms with Gasteiger partial charge in [0, 0.05) is 18.4 Å². The zero-order valence-electron chi connectivity index (χ0n) is 15.4. The second kappa shape index (κ2) is 7.53. The fourth-order valence-electron chi connectivity index (χ4n) is 2.84. The number of ether oxygens (including phenoxy) is 2. The monoisotopic (exact) mass is 362 g/mol. The summed E-state index contributed by atoms with van der Waals surface area (Å²) in [6.45, 7) is 5.25. The van der Waals surface area contributed by atoms with E-state index >= 15 is 0 Å². The van der Waals surface area contributed by atoms with Gasteiger partial charge in [-0.25, -0.2) is 4.98 Å². The van der Waals surface area contributed by atoms with E-state index in [4.69, 9.17) is 9.47 Å². The highest BCUT2D eigenvalue weighted by atomic mass is 16.7. The zero-order chi connectivity index (χ0) is 18.6. The van der Waals surface area contributed by atoms with Gasteiger partial charge in [0.2, 0.25) is 12.7 Å². The Morgan fingerprint density at radius 1 is 1.00 bits per heavy atom. The third kappa shape index (κ3) is 4.11. The smallest absolute Gasteiger partial charge is 0.231 e. The lowest BCUT2D eigenvalue weighted by molar-refractivity contribution is 0.174. The molecule has 1 aliphatic heterocycles. The van der Waals surface area contributed by atoms with Crippen LogP contribution in [0, 0.1) is 0 Å². The molecule has 1 aliphatic rings. The van der Waals surface area contributed by atoms with Crippen molar-refractivity contribution < 1.29 is 9.47 Å². The Morgan fingerprint density at radius 2 is 1.81 bits per heavy atom. The second-order valence-electron chi connectivity index (χ2n) is 6.71. The van der Waals surface area contributed by atoms with Crippen molar-refractivity contribution in [2.24, 2.45) is 0 Å². The van der Waals surface area contributed by atoms with Crippen molar-refractivity contribution in [1.29, 1.82) is 0 Å². The maximum absolute atomic E-state index is 5.41. The van der Waals surface area contributed by atoms with Crippen LogP contribution >= 0.6 is 0 Å². The molecule has 2 N–H and O–H groups in total. The molecule has 0 radical (unpaired) electrons. The molecule has 0 saturated carbocycles. The summed E-state index contributed by atoms with van der Waals surface area (Å²) in [6.07, 6.45) is 1.74. The van der Waals surface area contributed by atoms with E-state index in [9.17, 15) is 0 Å². The summed E-state index contributed by atoms with van der Waals surface area (Å²) in [5.74, 6) is 3.39. The van der Waals surface area contributed by atoms with Crippen molar-refractivity contribution >= 4 is 17.5 Å². The molecule has 2 aromatic carbocycles. The van der Waals surface area contributed by atoms with Gasteiger partial charge in [-0.15, -0.1) is 0 Å². The molecule has 4 rings (SSSR count). The van der Waals surface area contributed by atoms with Crippen LogP contribution in [0.1, 0.15) is 30.9 Å². The third-order valence-corrected chi connectivity index (χ3v) is 4.39. The molecule has 6 nitrogen and oxygen atoms in total. The molecule has 3 aromatic rings. The Labute approximate surface area is 158 Å². The van der Waals surface area contributed by atoms with E-state index in [1.165, 1.54) is 5.56 Å². The zero-order valence-corrected chi connectivity index (χ0v) is 15.4. The molecule has 27 heavy (non-hydrogen) atoms. The number of hydrogen-bond acceptors (Lipinski definition) is 6. The largest absolute Gasteiger partial charge is 0.454 e. The van der Waals surface area contributed by atoms with E-state index < -0.39 is 0 Å². The summed E-state index contributed by atoms with van der Waals surface area (Å²) in [5.41, 5.74) is 3.39. The standard InChI is InChI=1S/C21H22N4O2/c1-14(2)16-4-6-17(7-5-16)24-20-9-10-22-21(25-20)23-12-15-3-8-18-19(11-15)27-13-26-18/h3-11,14H,12-13H2,1-2H3,(H2,22,23,24,25). The number of rotatable bonds is 6. The highest BCUT2D eigenvalue weighted by Crippen LogP contribution is 2.32. The highest BCUT2D eigenvalue weighted by molar-refractivity contribution is 5.57. The lowest BCUT2D eigenvalue weighted by atomic mass is 10.0. The Hall–Kier alpha value is -3.28. The average Bonchev–Trinajstić information content (AvgIpc) is 3.15. The first-order valence-corrected chi connectivity index (χ1v) is 9.00. The number of aromatic nitrogens is 2. The number of anilines is 3. The molecule has 0 aliphatic carbocycles. The van der Waals surface area contributed by atoms with Crippen LogP contribution in [-0.2, 0) is 6.54 Å². The van der Waals surface area contributed by atoms with Gasteiger partial charge in [0.15, 0.2) is 11.5 Å². The van der Waals surface area contributed by atoms with Gasteiger partial charge in [0.25, 0.3) is 0 Å². The average molecular weight is 362 g/mol. The minimum Gasteiger partial charge on any atom is -0.454 e. The van der Waals surface area contributed by atoms with Gasteiger partial charge in [-0.05, 0) is 47.4 Å². The van der Waals surface area contributed by atoms with Crippen molar-refractivity contribution in [2.45, 2.75) is 26.3 Å². The molecule has 0 fully saturated rings. The van der Waals surface area contributed by atoms with Gasteiger partial charge in [-0.3, -0.25) is 0 Å². The molecule has 6 heteroatoms. The Kier molecular flexibility index (Phi) is 4.78. The molecule has 0 bridgehead atoms. The third-order valence-electron chi connectivity index (χ3n) is 4.39. The normalized spacial score (nSPS) is 12.3. The number of fused-ring (bicyclic) bond motifs is 1. The lowest BCUT2D eigenvalue weighted by Gasteiger charge is -2.10. The minimum atomic E-state index is 0.279. The van der Waals surface area contributed by atoms with Crippen LogP contribution in [0.5, 0.6) is 11.5 Å². The van der Waals surface area contributed by atoms with Crippen molar-refractivity contribution in [3.8, 4) is 11.5 Å². The van der Waals surface area contributed by atoms with E-state index in [2.05, 4.69) is 58.7 Å². The van der Waals surface area contributed by atoms with E-state index in [0.29, 0.717) is 18.4 Å². The molecule has 0 spiro atoms. The predicted octanol–water partition coefficient (Wildman–Crippen LogP) is 4.68. The molecule has 0 amide bonds. The van der Waals surface area contributed by atoms with Crippen molar-refractivity contribution in [2.75, 3.05) is 17.4 Å². The summed E-state index contributed by atoms with van der Waals surface area (Å²) in [7, 11) is 0. The topological polar surface area (TPSA) is 68.3 Å². The summed E-state index contributed by atoms with van der Waals surface area (Å²) in [6, 6.07) is 16.1. The Morgan fingerprint density at radius 3 is 2.63 bits per heavy atom. The van der Waals surface area contributed by atoms with Crippen LogP contribution in [-0.4, -0.2) is 16.8 Å². The van der Waals surface area contributed by atoms with Gasteiger partial charge >= 0.3 is 0 Å². The van der Waals surface area contributed by atoms with Crippen molar-refractivity contribution in [3.63, 3.8) is 0 Å². The molecule has 2 heterocycles. The fraction of sp³-hybridized carbons (Fsp3) is 0.238. The quantitative estimate of drug-likeness (QED) is 0.663. The maximum atomic E-state index is 5.41. The number of nitrogens with one attached hydrogen (secondary N) is 2. The van der Waals surface area contributed by atoms with E-state index in [1.54, 1.807) is 6.20 Å². The molecule has 0 saturated heterocycles. The molecule has 0 atom stereocenters. The van der Waals surface area contributed by atoms with Crippen LogP contribution in [0.4, 0.5) is 17.5 Å².